The molecule has 0 aliphatic carbocycles. The standard InChI is InChI=1S/C20H24F2N4O2/c1-3-26(16-6-4-5-14(2)11-16)10-9-23-20(28)24-13-19(27)25-15-7-8-17(21)18(22)12-15/h4-8,11-12H,3,9-10,13H2,1-2H3,(H,25,27)(H2,23,24,28). The second-order valence-electron chi connectivity index (χ2n) is 6.21. The lowest BCUT2D eigenvalue weighted by atomic mass is 10.2. The normalized spacial score (nSPS) is 10.3. The number of benzene rings is 2. The number of amides is 3. The van der Waals surface area contributed by atoms with Gasteiger partial charge in [-0.1, -0.05) is 12.1 Å². The topological polar surface area (TPSA) is 73.5 Å². The summed E-state index contributed by atoms with van der Waals surface area (Å²) < 4.78 is 26.0. The zero-order chi connectivity index (χ0) is 20.5. The van der Waals surface area contributed by atoms with E-state index in [-0.39, 0.29) is 12.2 Å². The van der Waals surface area contributed by atoms with Crippen LogP contribution >= 0.6 is 0 Å². The molecule has 0 saturated heterocycles. The number of halogens is 2. The Morgan fingerprint density at radius 1 is 1.04 bits per heavy atom. The number of hydrogen-bond donors (Lipinski definition) is 3. The summed E-state index contributed by atoms with van der Waals surface area (Å²) in [7, 11) is 0. The van der Waals surface area contributed by atoms with Gasteiger partial charge in [0.15, 0.2) is 11.6 Å². The predicted octanol–water partition coefficient (Wildman–Crippen LogP) is 3.04. The van der Waals surface area contributed by atoms with E-state index in [1.807, 2.05) is 32.0 Å². The number of rotatable bonds is 8. The van der Waals surface area contributed by atoms with Crippen molar-refractivity contribution in [3.8, 4) is 0 Å². The first-order chi connectivity index (χ1) is 13.4. The average molecular weight is 390 g/mol. The quantitative estimate of drug-likeness (QED) is 0.649. The maximum absolute atomic E-state index is 13.1. The number of likely N-dealkylation sites (N-methyl/N-ethyl adjacent to an activating group) is 1. The molecular formula is C20H24F2N4O2. The van der Waals surface area contributed by atoms with Crippen LogP contribution in [0.2, 0.25) is 0 Å². The second kappa shape index (κ2) is 10.2. The van der Waals surface area contributed by atoms with Gasteiger partial charge >= 0.3 is 6.03 Å². The summed E-state index contributed by atoms with van der Waals surface area (Å²) in [4.78, 5) is 25.7. The molecule has 0 fully saturated rings. The third-order valence-corrected chi connectivity index (χ3v) is 4.03. The van der Waals surface area contributed by atoms with E-state index in [0.29, 0.717) is 13.1 Å². The molecule has 6 nitrogen and oxygen atoms in total. The van der Waals surface area contributed by atoms with Gasteiger partial charge in [-0.3, -0.25) is 4.79 Å². The van der Waals surface area contributed by atoms with E-state index in [1.54, 1.807) is 0 Å². The number of carbonyl (C=O) groups excluding carboxylic acids is 2. The molecule has 8 heteroatoms. The van der Waals surface area contributed by atoms with Gasteiger partial charge in [-0.15, -0.1) is 0 Å². The Hall–Kier alpha value is -3.16. The number of nitrogens with zero attached hydrogens (tertiary/aromatic N) is 1. The predicted molar refractivity (Wildman–Crippen MR) is 105 cm³/mol. The zero-order valence-electron chi connectivity index (χ0n) is 15.9. The molecule has 0 aromatic heterocycles. The monoisotopic (exact) mass is 390 g/mol. The van der Waals surface area contributed by atoms with Crippen LogP contribution in [0.25, 0.3) is 0 Å². The van der Waals surface area contributed by atoms with E-state index in [0.717, 1.165) is 29.9 Å². The molecule has 0 bridgehead atoms. The summed E-state index contributed by atoms with van der Waals surface area (Å²) in [5.41, 5.74) is 2.35. The molecule has 3 N–H and O–H groups in total. The van der Waals surface area contributed by atoms with Crippen molar-refractivity contribution in [1.82, 2.24) is 10.6 Å². The van der Waals surface area contributed by atoms with E-state index >= 15 is 0 Å². The van der Waals surface area contributed by atoms with Crippen molar-refractivity contribution < 1.29 is 18.4 Å². The van der Waals surface area contributed by atoms with E-state index < -0.39 is 23.6 Å². The number of nitrogens with one attached hydrogen (secondary N) is 3. The minimum absolute atomic E-state index is 0.114. The second-order valence-corrected chi connectivity index (χ2v) is 6.21. The van der Waals surface area contributed by atoms with E-state index in [2.05, 4.69) is 26.9 Å². The van der Waals surface area contributed by atoms with Gasteiger partial charge in [0, 0.05) is 37.1 Å². The molecule has 0 atom stereocenters. The lowest BCUT2D eigenvalue weighted by molar-refractivity contribution is -0.115. The summed E-state index contributed by atoms with van der Waals surface area (Å²) >= 11 is 0. The van der Waals surface area contributed by atoms with Crippen molar-refractivity contribution in [3.63, 3.8) is 0 Å². The third-order valence-electron chi connectivity index (χ3n) is 4.03. The summed E-state index contributed by atoms with van der Waals surface area (Å²) in [6.45, 7) is 5.58. The van der Waals surface area contributed by atoms with Crippen molar-refractivity contribution in [2.45, 2.75) is 13.8 Å². The molecule has 2 rings (SSSR count). The van der Waals surface area contributed by atoms with Crippen LogP contribution in [0, 0.1) is 18.6 Å². The molecule has 150 valence electrons. The lowest BCUT2D eigenvalue weighted by Gasteiger charge is -2.23. The molecule has 0 aliphatic heterocycles. The Morgan fingerprint density at radius 2 is 1.82 bits per heavy atom. The molecular weight excluding hydrogens is 366 g/mol. The Bertz CT molecular complexity index is 830. The third kappa shape index (κ3) is 6.53. The minimum atomic E-state index is -1.06. The molecule has 0 saturated carbocycles. The highest BCUT2D eigenvalue weighted by Crippen LogP contribution is 2.15. The number of urea groups is 1. The Morgan fingerprint density at radius 3 is 2.50 bits per heavy atom. The van der Waals surface area contributed by atoms with Crippen LogP contribution in [0.1, 0.15) is 12.5 Å². The van der Waals surface area contributed by atoms with E-state index in [1.165, 1.54) is 6.07 Å². The molecule has 2 aromatic rings. The first-order valence-corrected chi connectivity index (χ1v) is 8.97. The van der Waals surface area contributed by atoms with E-state index in [9.17, 15) is 18.4 Å². The van der Waals surface area contributed by atoms with Crippen LogP contribution in [0.3, 0.4) is 0 Å². The van der Waals surface area contributed by atoms with Gasteiger partial charge in [-0.2, -0.15) is 0 Å². The number of carbonyl (C=O) groups is 2. The van der Waals surface area contributed by atoms with Crippen LogP contribution in [-0.2, 0) is 4.79 Å². The van der Waals surface area contributed by atoms with Crippen LogP contribution in [0.15, 0.2) is 42.5 Å². The van der Waals surface area contributed by atoms with E-state index in [4.69, 9.17) is 0 Å². The number of anilines is 2. The highest BCUT2D eigenvalue weighted by Gasteiger charge is 2.09. The van der Waals surface area contributed by atoms with Gasteiger partial charge in [-0.05, 0) is 43.7 Å². The van der Waals surface area contributed by atoms with Crippen molar-refractivity contribution in [3.05, 3.63) is 59.7 Å². The smallest absolute Gasteiger partial charge is 0.315 e. The molecule has 2 aromatic carbocycles. The van der Waals surface area contributed by atoms with Gasteiger partial charge in [0.05, 0.1) is 6.54 Å². The molecule has 0 heterocycles. The summed E-state index contributed by atoms with van der Waals surface area (Å²) in [6.07, 6.45) is 0. The number of hydrogen-bond acceptors (Lipinski definition) is 3. The first kappa shape index (κ1) is 21.1. The molecule has 0 aliphatic rings. The molecule has 28 heavy (non-hydrogen) atoms. The van der Waals surface area contributed by atoms with Crippen LogP contribution < -0.4 is 20.9 Å². The van der Waals surface area contributed by atoms with Crippen LogP contribution in [0.5, 0.6) is 0 Å². The average Bonchev–Trinajstić information content (AvgIpc) is 2.66. The highest BCUT2D eigenvalue weighted by molar-refractivity contribution is 5.94. The first-order valence-electron chi connectivity index (χ1n) is 8.97. The van der Waals surface area contributed by atoms with Crippen molar-refractivity contribution in [2.24, 2.45) is 0 Å². The summed E-state index contributed by atoms with van der Waals surface area (Å²) in [5.74, 6) is -2.60. The number of aryl methyl sites for hydroxylation is 1. The van der Waals surface area contributed by atoms with Crippen molar-refractivity contribution in [2.75, 3.05) is 36.4 Å². The molecule has 0 radical (unpaired) electrons. The Kier molecular flexibility index (Phi) is 7.74. The van der Waals surface area contributed by atoms with Gasteiger partial charge in [0.2, 0.25) is 5.91 Å². The molecule has 3 amide bonds. The van der Waals surface area contributed by atoms with Crippen LogP contribution in [0.4, 0.5) is 25.0 Å². The Balaban J connectivity index is 1.71. The largest absolute Gasteiger partial charge is 0.370 e. The maximum Gasteiger partial charge on any atom is 0.315 e. The minimum Gasteiger partial charge on any atom is -0.370 e. The summed E-state index contributed by atoms with van der Waals surface area (Å²) in [6, 6.07) is 10.6. The summed E-state index contributed by atoms with van der Waals surface area (Å²) in [5, 5.41) is 7.49. The highest BCUT2D eigenvalue weighted by atomic mass is 19.2. The fourth-order valence-electron chi connectivity index (χ4n) is 2.60. The molecule has 0 spiro atoms. The SMILES string of the molecule is CCN(CCNC(=O)NCC(=O)Nc1ccc(F)c(F)c1)c1cccc(C)c1. The fourth-order valence-corrected chi connectivity index (χ4v) is 2.60. The maximum atomic E-state index is 13.1. The van der Waals surface area contributed by atoms with Crippen molar-refractivity contribution >= 4 is 23.3 Å². The van der Waals surface area contributed by atoms with Gasteiger partial charge < -0.3 is 20.9 Å². The zero-order valence-corrected chi connectivity index (χ0v) is 15.9. The van der Waals surface area contributed by atoms with Gasteiger partial charge in [0.1, 0.15) is 0 Å². The fraction of sp³-hybridized carbons (Fsp3) is 0.300. The lowest BCUT2D eigenvalue weighted by Crippen LogP contribution is -2.43. The van der Waals surface area contributed by atoms with Crippen LogP contribution in [-0.4, -0.2) is 38.1 Å². The van der Waals surface area contributed by atoms with Gasteiger partial charge in [0.25, 0.3) is 0 Å². The van der Waals surface area contributed by atoms with Crippen molar-refractivity contribution in [1.29, 1.82) is 0 Å². The van der Waals surface area contributed by atoms with Gasteiger partial charge in [-0.25, -0.2) is 13.6 Å². The Labute approximate surface area is 162 Å². The molecule has 0 unspecified atom stereocenters.